The van der Waals surface area contributed by atoms with E-state index in [-0.39, 0.29) is 22.9 Å². The fraction of sp³-hybridized carbons (Fsp3) is 0.278. The summed E-state index contributed by atoms with van der Waals surface area (Å²) in [4.78, 5) is 22.3. The van der Waals surface area contributed by atoms with Crippen molar-refractivity contribution < 1.29 is 27.6 Å². The summed E-state index contributed by atoms with van der Waals surface area (Å²) >= 11 is 0. The summed E-state index contributed by atoms with van der Waals surface area (Å²) in [5, 5.41) is 11.1. The van der Waals surface area contributed by atoms with Crippen molar-refractivity contribution >= 4 is 27.4 Å². The molecule has 0 aliphatic rings. The Hall–Kier alpha value is -3.14. The first kappa shape index (κ1) is 21.2. The quantitative estimate of drug-likeness (QED) is 0.356. The third kappa shape index (κ3) is 4.97. The molecule has 0 unspecified atom stereocenters. The zero-order valence-corrected chi connectivity index (χ0v) is 16.2. The highest BCUT2D eigenvalue weighted by Crippen LogP contribution is 2.28. The van der Waals surface area contributed by atoms with Crippen molar-refractivity contribution in [3.05, 3.63) is 58.6 Å². The van der Waals surface area contributed by atoms with Crippen LogP contribution >= 0.6 is 0 Å². The van der Waals surface area contributed by atoms with Gasteiger partial charge in [0.15, 0.2) is 0 Å². The van der Waals surface area contributed by atoms with E-state index in [0.717, 1.165) is 10.4 Å². The lowest BCUT2D eigenvalue weighted by Crippen LogP contribution is -2.36. The first-order valence-electron chi connectivity index (χ1n) is 8.45. The number of ether oxygens (including phenoxy) is 2. The molecule has 10 heteroatoms. The molecule has 28 heavy (non-hydrogen) atoms. The van der Waals surface area contributed by atoms with Crippen LogP contribution in [0, 0.1) is 10.1 Å². The Morgan fingerprint density at radius 1 is 1.11 bits per heavy atom. The van der Waals surface area contributed by atoms with Crippen molar-refractivity contribution in [2.75, 3.05) is 24.1 Å². The van der Waals surface area contributed by atoms with Gasteiger partial charge in [0.25, 0.3) is 15.7 Å². The van der Waals surface area contributed by atoms with Crippen molar-refractivity contribution in [2.24, 2.45) is 0 Å². The van der Waals surface area contributed by atoms with Crippen LogP contribution in [-0.4, -0.2) is 39.1 Å². The largest absolute Gasteiger partial charge is 0.494 e. The number of hydrogen-bond acceptors (Lipinski definition) is 7. The van der Waals surface area contributed by atoms with Crippen LogP contribution in [0.25, 0.3) is 0 Å². The van der Waals surface area contributed by atoms with Gasteiger partial charge in [-0.15, -0.1) is 0 Å². The number of benzene rings is 2. The summed E-state index contributed by atoms with van der Waals surface area (Å²) in [6.45, 7) is 3.27. The van der Waals surface area contributed by atoms with Gasteiger partial charge in [0, 0.05) is 12.1 Å². The van der Waals surface area contributed by atoms with E-state index >= 15 is 0 Å². The molecule has 0 atom stereocenters. The lowest BCUT2D eigenvalue weighted by Gasteiger charge is -2.23. The van der Waals surface area contributed by atoms with Gasteiger partial charge in [0.1, 0.15) is 12.3 Å². The molecule has 0 N–H and O–H groups in total. The van der Waals surface area contributed by atoms with Gasteiger partial charge in [0.05, 0.1) is 28.7 Å². The Morgan fingerprint density at radius 2 is 1.79 bits per heavy atom. The molecule has 0 radical (unpaired) electrons. The van der Waals surface area contributed by atoms with Crippen LogP contribution in [0.5, 0.6) is 5.75 Å². The Morgan fingerprint density at radius 3 is 2.36 bits per heavy atom. The molecule has 0 aromatic heterocycles. The van der Waals surface area contributed by atoms with E-state index in [0.29, 0.717) is 12.4 Å². The molecule has 2 rings (SSSR count). The van der Waals surface area contributed by atoms with E-state index in [1.807, 2.05) is 0 Å². The number of carbonyl (C=O) groups excluding carboxylic acids is 1. The van der Waals surface area contributed by atoms with Crippen LogP contribution < -0.4 is 9.04 Å². The Labute approximate surface area is 162 Å². The van der Waals surface area contributed by atoms with E-state index < -0.39 is 27.5 Å². The number of esters is 1. The predicted molar refractivity (Wildman–Crippen MR) is 102 cm³/mol. The fourth-order valence-electron chi connectivity index (χ4n) is 2.40. The predicted octanol–water partition coefficient (Wildman–Crippen LogP) is 2.75. The molecule has 9 nitrogen and oxygen atoms in total. The van der Waals surface area contributed by atoms with Crippen LogP contribution in [-0.2, 0) is 19.6 Å². The minimum Gasteiger partial charge on any atom is -0.494 e. The summed E-state index contributed by atoms with van der Waals surface area (Å²) in [6.07, 6.45) is 0. The van der Waals surface area contributed by atoms with E-state index in [1.54, 1.807) is 13.8 Å². The second-order valence-electron chi connectivity index (χ2n) is 5.50. The van der Waals surface area contributed by atoms with Gasteiger partial charge in [-0.3, -0.25) is 19.2 Å². The minimum atomic E-state index is -4.19. The summed E-state index contributed by atoms with van der Waals surface area (Å²) in [6, 6.07) is 10.7. The highest BCUT2D eigenvalue weighted by Gasteiger charge is 2.28. The molecule has 0 spiro atoms. The Bertz CT molecular complexity index is 943. The molecule has 2 aromatic rings. The highest BCUT2D eigenvalue weighted by atomic mass is 32.2. The monoisotopic (exact) mass is 408 g/mol. The number of nitro benzene ring substituents is 1. The zero-order chi connectivity index (χ0) is 20.7. The number of sulfonamides is 1. The molecule has 0 amide bonds. The number of rotatable bonds is 9. The Balaban J connectivity index is 2.49. The number of nitrogens with zero attached hydrogens (tertiary/aromatic N) is 2. The number of anilines is 1. The van der Waals surface area contributed by atoms with Crippen LogP contribution in [0.15, 0.2) is 53.4 Å². The average molecular weight is 408 g/mol. The maximum absolute atomic E-state index is 13.1. The SMILES string of the molecule is CCOC(=O)CN(c1cccc([N+](=O)[O-])c1)S(=O)(=O)c1ccc(OCC)cc1. The number of non-ortho nitro benzene ring substituents is 1. The Kier molecular flexibility index (Phi) is 6.94. The van der Waals surface area contributed by atoms with Gasteiger partial charge >= 0.3 is 5.97 Å². The lowest BCUT2D eigenvalue weighted by atomic mass is 10.3. The van der Waals surface area contributed by atoms with Crippen LogP contribution in [0.1, 0.15) is 13.8 Å². The van der Waals surface area contributed by atoms with Crippen molar-refractivity contribution in [3.8, 4) is 5.75 Å². The van der Waals surface area contributed by atoms with Gasteiger partial charge in [0.2, 0.25) is 0 Å². The van der Waals surface area contributed by atoms with Gasteiger partial charge in [-0.25, -0.2) is 8.42 Å². The molecular weight excluding hydrogens is 388 g/mol. The molecule has 0 aliphatic carbocycles. The molecule has 2 aromatic carbocycles. The molecule has 0 heterocycles. The van der Waals surface area contributed by atoms with Crippen LogP contribution in [0.3, 0.4) is 0 Å². The van der Waals surface area contributed by atoms with Crippen molar-refractivity contribution in [1.82, 2.24) is 0 Å². The molecule has 150 valence electrons. The molecule has 0 saturated heterocycles. The van der Waals surface area contributed by atoms with Crippen molar-refractivity contribution in [1.29, 1.82) is 0 Å². The minimum absolute atomic E-state index is 0.0175. The zero-order valence-electron chi connectivity index (χ0n) is 15.4. The smallest absolute Gasteiger partial charge is 0.326 e. The summed E-state index contributed by atoms with van der Waals surface area (Å²) in [5.41, 5.74) is -0.315. The van der Waals surface area contributed by atoms with Crippen molar-refractivity contribution in [2.45, 2.75) is 18.7 Å². The second kappa shape index (κ2) is 9.18. The number of hydrogen-bond donors (Lipinski definition) is 0. The third-order valence-electron chi connectivity index (χ3n) is 3.63. The van der Waals surface area contributed by atoms with E-state index in [1.165, 1.54) is 42.5 Å². The average Bonchev–Trinajstić information content (AvgIpc) is 2.67. The van der Waals surface area contributed by atoms with Gasteiger partial charge in [-0.05, 0) is 44.2 Å². The number of carbonyl (C=O) groups is 1. The highest BCUT2D eigenvalue weighted by molar-refractivity contribution is 7.92. The molecule has 0 fully saturated rings. The lowest BCUT2D eigenvalue weighted by molar-refractivity contribution is -0.384. The molecule has 0 bridgehead atoms. The van der Waals surface area contributed by atoms with Gasteiger partial charge < -0.3 is 9.47 Å². The summed E-state index contributed by atoms with van der Waals surface area (Å²) in [7, 11) is -4.19. The maximum atomic E-state index is 13.1. The van der Waals surface area contributed by atoms with E-state index in [4.69, 9.17) is 9.47 Å². The molecule has 0 saturated carbocycles. The maximum Gasteiger partial charge on any atom is 0.326 e. The van der Waals surface area contributed by atoms with Crippen LogP contribution in [0.2, 0.25) is 0 Å². The molecule has 0 aliphatic heterocycles. The summed E-state index contributed by atoms with van der Waals surface area (Å²) in [5.74, 6) is -0.280. The van der Waals surface area contributed by atoms with E-state index in [9.17, 15) is 23.3 Å². The van der Waals surface area contributed by atoms with E-state index in [2.05, 4.69) is 0 Å². The third-order valence-corrected chi connectivity index (χ3v) is 5.42. The fourth-order valence-corrected chi connectivity index (χ4v) is 3.80. The van der Waals surface area contributed by atoms with Crippen molar-refractivity contribution in [3.63, 3.8) is 0 Å². The first-order chi connectivity index (χ1) is 13.3. The second-order valence-corrected chi connectivity index (χ2v) is 7.36. The normalized spacial score (nSPS) is 10.9. The van der Waals surface area contributed by atoms with Crippen LogP contribution in [0.4, 0.5) is 11.4 Å². The number of nitro groups is 1. The topological polar surface area (TPSA) is 116 Å². The van der Waals surface area contributed by atoms with Gasteiger partial charge in [-0.1, -0.05) is 6.07 Å². The first-order valence-corrected chi connectivity index (χ1v) is 9.89. The van der Waals surface area contributed by atoms with Gasteiger partial charge in [-0.2, -0.15) is 0 Å². The molecular formula is C18H20N2O7S. The standard InChI is InChI=1S/C18H20N2O7S/c1-3-26-16-8-10-17(11-9-16)28(24,25)19(13-18(21)27-4-2)14-6-5-7-15(12-14)20(22)23/h5-12H,3-4,13H2,1-2H3. The summed E-state index contributed by atoms with van der Waals surface area (Å²) < 4.78 is 37.2.